The Bertz CT molecular complexity index is 896. The summed E-state index contributed by atoms with van der Waals surface area (Å²) in [4.78, 5) is 2.25. The Kier molecular flexibility index (Phi) is 5.45. The predicted octanol–water partition coefficient (Wildman–Crippen LogP) is 5.07. The van der Waals surface area contributed by atoms with Gasteiger partial charge in [-0.1, -0.05) is 0 Å². The van der Waals surface area contributed by atoms with E-state index in [1.54, 1.807) is 12.1 Å². The maximum atomic E-state index is 12.7. The van der Waals surface area contributed by atoms with Crippen molar-refractivity contribution in [3.8, 4) is 23.0 Å². The Morgan fingerprint density at radius 1 is 1.15 bits per heavy atom. The third-order valence-corrected chi connectivity index (χ3v) is 5.76. The summed E-state index contributed by atoms with van der Waals surface area (Å²) in [5.41, 5.74) is 0. The van der Waals surface area contributed by atoms with Crippen LogP contribution in [0.3, 0.4) is 0 Å². The number of benzene rings is 2. The SMILES string of the molecule is Oc1ccc2c(Oc3ccc(OCCN4CC[C@@H](CF)C4)cc3)csc2c1. The van der Waals surface area contributed by atoms with Crippen molar-refractivity contribution in [3.63, 3.8) is 0 Å². The maximum Gasteiger partial charge on any atom is 0.145 e. The normalized spacial score (nSPS) is 17.4. The molecule has 4 rings (SSSR count). The lowest BCUT2D eigenvalue weighted by Crippen LogP contribution is -2.26. The van der Waals surface area contributed by atoms with Gasteiger partial charge in [0.25, 0.3) is 0 Å². The summed E-state index contributed by atoms with van der Waals surface area (Å²) in [7, 11) is 0. The van der Waals surface area contributed by atoms with Crippen LogP contribution in [0.25, 0.3) is 10.1 Å². The molecule has 1 aliphatic heterocycles. The minimum absolute atomic E-state index is 0.193. The maximum absolute atomic E-state index is 12.7. The van der Waals surface area contributed by atoms with Gasteiger partial charge in [-0.2, -0.15) is 0 Å². The third kappa shape index (κ3) is 4.34. The topological polar surface area (TPSA) is 41.9 Å². The van der Waals surface area contributed by atoms with Gasteiger partial charge in [-0.15, -0.1) is 11.3 Å². The van der Waals surface area contributed by atoms with E-state index in [0.29, 0.717) is 6.61 Å². The number of alkyl halides is 1. The lowest BCUT2D eigenvalue weighted by atomic mass is 10.1. The van der Waals surface area contributed by atoms with Gasteiger partial charge in [0.15, 0.2) is 0 Å². The zero-order valence-electron chi connectivity index (χ0n) is 14.9. The van der Waals surface area contributed by atoms with Crippen LogP contribution in [0.1, 0.15) is 6.42 Å². The van der Waals surface area contributed by atoms with Crippen molar-refractivity contribution >= 4 is 21.4 Å². The van der Waals surface area contributed by atoms with E-state index in [1.165, 1.54) is 11.3 Å². The van der Waals surface area contributed by atoms with E-state index in [0.717, 1.165) is 53.4 Å². The molecule has 0 bridgehead atoms. The number of aromatic hydroxyl groups is 1. The van der Waals surface area contributed by atoms with Crippen LogP contribution < -0.4 is 9.47 Å². The lowest BCUT2D eigenvalue weighted by Gasteiger charge is -2.15. The van der Waals surface area contributed by atoms with E-state index >= 15 is 0 Å². The Labute approximate surface area is 161 Å². The predicted molar refractivity (Wildman–Crippen MR) is 106 cm³/mol. The number of thiophene rings is 1. The monoisotopic (exact) mass is 387 g/mol. The first kappa shape index (κ1) is 18.1. The van der Waals surface area contributed by atoms with Crippen LogP contribution >= 0.6 is 11.3 Å². The number of fused-ring (bicyclic) bond motifs is 1. The van der Waals surface area contributed by atoms with Gasteiger partial charge in [-0.25, -0.2) is 0 Å². The molecule has 1 atom stereocenters. The summed E-state index contributed by atoms with van der Waals surface area (Å²) in [5, 5.41) is 12.5. The van der Waals surface area contributed by atoms with Gasteiger partial charge in [0, 0.05) is 34.5 Å². The second-order valence-corrected chi connectivity index (χ2v) is 7.72. The summed E-state index contributed by atoms with van der Waals surface area (Å²) >= 11 is 1.54. The number of phenolic OH excluding ortho intramolecular Hbond substituents is 1. The molecule has 2 aromatic carbocycles. The lowest BCUT2D eigenvalue weighted by molar-refractivity contribution is 0.228. The Balaban J connectivity index is 1.31. The van der Waals surface area contributed by atoms with Crippen molar-refractivity contribution in [2.24, 2.45) is 5.92 Å². The van der Waals surface area contributed by atoms with Gasteiger partial charge in [-0.3, -0.25) is 9.29 Å². The summed E-state index contributed by atoms with van der Waals surface area (Å²) in [6.07, 6.45) is 0.944. The van der Waals surface area contributed by atoms with Gasteiger partial charge in [0.1, 0.15) is 29.6 Å². The summed E-state index contributed by atoms with van der Waals surface area (Å²) in [6, 6.07) is 12.8. The second kappa shape index (κ2) is 8.15. The van der Waals surface area contributed by atoms with Gasteiger partial charge in [-0.05, 0) is 55.4 Å². The molecular formula is C21H22FNO3S. The minimum atomic E-state index is -0.223. The van der Waals surface area contributed by atoms with E-state index < -0.39 is 0 Å². The summed E-state index contributed by atoms with van der Waals surface area (Å²) < 4.78 is 25.4. The highest BCUT2D eigenvalue weighted by atomic mass is 32.1. The van der Waals surface area contributed by atoms with Crippen LogP contribution in [0.5, 0.6) is 23.0 Å². The van der Waals surface area contributed by atoms with Crippen LogP contribution in [0.15, 0.2) is 47.8 Å². The highest BCUT2D eigenvalue weighted by Crippen LogP contribution is 2.37. The first-order valence-electron chi connectivity index (χ1n) is 9.10. The molecule has 1 N–H and O–H groups in total. The molecule has 0 aliphatic carbocycles. The number of likely N-dealkylation sites (tertiary alicyclic amines) is 1. The highest BCUT2D eigenvalue weighted by molar-refractivity contribution is 7.17. The fraction of sp³-hybridized carbons (Fsp3) is 0.333. The van der Waals surface area contributed by atoms with E-state index in [-0.39, 0.29) is 18.3 Å². The van der Waals surface area contributed by atoms with Crippen LogP contribution in [0.4, 0.5) is 4.39 Å². The number of rotatable bonds is 7. The third-order valence-electron chi connectivity index (χ3n) is 4.84. The van der Waals surface area contributed by atoms with Crippen molar-refractivity contribution in [2.45, 2.75) is 6.42 Å². The van der Waals surface area contributed by atoms with Crippen molar-refractivity contribution in [3.05, 3.63) is 47.8 Å². The Morgan fingerprint density at radius 3 is 2.74 bits per heavy atom. The largest absolute Gasteiger partial charge is 0.508 e. The van der Waals surface area contributed by atoms with Crippen LogP contribution in [0.2, 0.25) is 0 Å². The molecule has 27 heavy (non-hydrogen) atoms. The van der Waals surface area contributed by atoms with E-state index in [9.17, 15) is 9.50 Å². The van der Waals surface area contributed by atoms with Crippen molar-refractivity contribution in [1.82, 2.24) is 4.90 Å². The van der Waals surface area contributed by atoms with Crippen molar-refractivity contribution < 1.29 is 19.0 Å². The minimum Gasteiger partial charge on any atom is -0.508 e. The highest BCUT2D eigenvalue weighted by Gasteiger charge is 2.21. The number of hydrogen-bond acceptors (Lipinski definition) is 5. The fourth-order valence-corrected chi connectivity index (χ4v) is 4.23. The van der Waals surface area contributed by atoms with E-state index in [4.69, 9.17) is 9.47 Å². The number of halogens is 1. The molecule has 0 radical (unpaired) electrons. The van der Waals surface area contributed by atoms with Crippen LogP contribution in [-0.4, -0.2) is 42.9 Å². The van der Waals surface area contributed by atoms with Crippen molar-refractivity contribution in [2.75, 3.05) is 32.9 Å². The molecule has 0 saturated carbocycles. The van der Waals surface area contributed by atoms with Gasteiger partial charge < -0.3 is 14.6 Å². The molecule has 0 amide bonds. The molecule has 3 aromatic rings. The van der Waals surface area contributed by atoms with Crippen molar-refractivity contribution in [1.29, 1.82) is 0 Å². The summed E-state index contributed by atoms with van der Waals surface area (Å²) in [5.74, 6) is 2.76. The molecule has 1 saturated heterocycles. The quantitative estimate of drug-likeness (QED) is 0.615. The molecule has 1 aromatic heterocycles. The average molecular weight is 387 g/mol. The molecule has 0 unspecified atom stereocenters. The molecule has 1 fully saturated rings. The van der Waals surface area contributed by atoms with Crippen LogP contribution in [-0.2, 0) is 0 Å². The molecule has 0 spiro atoms. The van der Waals surface area contributed by atoms with E-state index in [1.807, 2.05) is 35.7 Å². The van der Waals surface area contributed by atoms with Gasteiger partial charge >= 0.3 is 0 Å². The zero-order valence-corrected chi connectivity index (χ0v) is 15.8. The molecule has 6 heteroatoms. The summed E-state index contributed by atoms with van der Waals surface area (Å²) in [6.45, 7) is 2.98. The van der Waals surface area contributed by atoms with E-state index in [2.05, 4.69) is 4.90 Å². The molecule has 4 nitrogen and oxygen atoms in total. The average Bonchev–Trinajstić information content (AvgIpc) is 3.30. The Hall–Kier alpha value is -2.31. The number of nitrogens with zero attached hydrogens (tertiary/aromatic N) is 1. The molecule has 142 valence electrons. The van der Waals surface area contributed by atoms with Gasteiger partial charge in [0.05, 0.1) is 6.67 Å². The number of phenols is 1. The number of hydrogen-bond donors (Lipinski definition) is 1. The first-order chi connectivity index (χ1) is 13.2. The van der Waals surface area contributed by atoms with Crippen LogP contribution in [0, 0.1) is 5.92 Å². The smallest absolute Gasteiger partial charge is 0.145 e. The molecular weight excluding hydrogens is 365 g/mol. The standard InChI is InChI=1S/C21H22FNO3S/c22-12-15-7-8-23(13-15)9-10-25-17-2-4-18(5-3-17)26-20-14-27-21-11-16(24)1-6-19(20)21/h1-6,11,14-15,24H,7-10,12-13H2/t15-/m0/s1. The fourth-order valence-electron chi connectivity index (χ4n) is 3.34. The zero-order chi connectivity index (χ0) is 18.6. The number of ether oxygens (including phenoxy) is 2. The Morgan fingerprint density at radius 2 is 1.96 bits per heavy atom. The molecule has 1 aliphatic rings. The molecule has 2 heterocycles. The van der Waals surface area contributed by atoms with Gasteiger partial charge in [0.2, 0.25) is 0 Å². The first-order valence-corrected chi connectivity index (χ1v) is 9.98. The second-order valence-electron chi connectivity index (χ2n) is 6.81.